The molecule has 0 unspecified atom stereocenters. The van der Waals surface area contributed by atoms with Crippen molar-refractivity contribution in [3.8, 4) is 11.4 Å². The van der Waals surface area contributed by atoms with E-state index in [9.17, 15) is 18.0 Å². The van der Waals surface area contributed by atoms with Crippen molar-refractivity contribution in [3.05, 3.63) is 29.6 Å². The van der Waals surface area contributed by atoms with Gasteiger partial charge in [-0.2, -0.15) is 13.2 Å². The van der Waals surface area contributed by atoms with E-state index in [2.05, 4.69) is 25.6 Å². The van der Waals surface area contributed by atoms with Crippen molar-refractivity contribution in [1.82, 2.24) is 20.3 Å². The predicted octanol–water partition coefficient (Wildman–Crippen LogP) is 3.37. The molecule has 8 nitrogen and oxygen atoms in total. The first-order valence-electron chi connectivity index (χ1n) is 10.2. The van der Waals surface area contributed by atoms with E-state index in [4.69, 9.17) is 4.74 Å². The average molecular weight is 434 g/mol. The molecule has 2 atom stereocenters. The summed E-state index contributed by atoms with van der Waals surface area (Å²) in [6.07, 6.45) is -2.81. The van der Waals surface area contributed by atoms with E-state index in [0.29, 0.717) is 25.2 Å². The van der Waals surface area contributed by atoms with Crippen molar-refractivity contribution in [2.45, 2.75) is 38.1 Å². The molecule has 31 heavy (non-hydrogen) atoms. The van der Waals surface area contributed by atoms with E-state index in [1.807, 2.05) is 11.8 Å². The number of nitrogens with zero attached hydrogens (tertiary/aromatic N) is 4. The molecule has 2 aliphatic heterocycles. The fraction of sp³-hybridized carbons (Fsp3) is 0.500. The minimum absolute atomic E-state index is 0.0834. The number of anilines is 2. The summed E-state index contributed by atoms with van der Waals surface area (Å²) in [5, 5.41) is 5.80. The van der Waals surface area contributed by atoms with Gasteiger partial charge in [0.25, 0.3) is 0 Å². The summed E-state index contributed by atoms with van der Waals surface area (Å²) >= 11 is 0. The van der Waals surface area contributed by atoms with Gasteiger partial charge < -0.3 is 15.0 Å². The van der Waals surface area contributed by atoms with Gasteiger partial charge in [-0.15, -0.1) is 0 Å². The van der Waals surface area contributed by atoms with Crippen LogP contribution in [0.25, 0.3) is 11.4 Å². The van der Waals surface area contributed by atoms with Crippen LogP contribution in [0.15, 0.2) is 18.5 Å². The highest BCUT2D eigenvalue weighted by Gasteiger charge is 2.42. The molecule has 164 valence electrons. The van der Waals surface area contributed by atoms with Gasteiger partial charge in [-0.3, -0.25) is 5.32 Å². The maximum absolute atomic E-state index is 13.7. The monoisotopic (exact) mass is 434 g/mol. The molecule has 5 rings (SSSR count). The second-order valence-corrected chi connectivity index (χ2v) is 8.17. The largest absolute Gasteiger partial charge is 0.441 e. The number of hydrogen-bond donors (Lipinski definition) is 2. The van der Waals surface area contributed by atoms with Gasteiger partial charge in [-0.05, 0) is 31.9 Å². The Morgan fingerprint density at radius 1 is 1.23 bits per heavy atom. The van der Waals surface area contributed by atoms with Crippen LogP contribution in [0.2, 0.25) is 0 Å². The number of hydrogen-bond acceptors (Lipinski definition) is 7. The van der Waals surface area contributed by atoms with Crippen molar-refractivity contribution < 1.29 is 22.7 Å². The van der Waals surface area contributed by atoms with Crippen molar-refractivity contribution in [2.75, 3.05) is 29.9 Å². The molecule has 2 N–H and O–H groups in total. The third-order valence-corrected chi connectivity index (χ3v) is 5.75. The number of piperazine rings is 1. The minimum atomic E-state index is -4.54. The zero-order valence-corrected chi connectivity index (χ0v) is 16.7. The molecule has 2 fully saturated rings. The summed E-state index contributed by atoms with van der Waals surface area (Å²) in [4.78, 5) is 26.7. The first kappa shape index (κ1) is 20.0. The summed E-state index contributed by atoms with van der Waals surface area (Å²) in [7, 11) is 0. The third kappa shape index (κ3) is 3.89. The topological polar surface area (TPSA) is 92.3 Å². The van der Waals surface area contributed by atoms with Gasteiger partial charge in [-0.1, -0.05) is 0 Å². The molecule has 1 amide bonds. The highest BCUT2D eigenvalue weighted by Crippen LogP contribution is 2.49. The van der Waals surface area contributed by atoms with Crippen LogP contribution in [0.5, 0.6) is 0 Å². The van der Waals surface area contributed by atoms with Crippen LogP contribution >= 0.6 is 0 Å². The summed E-state index contributed by atoms with van der Waals surface area (Å²) in [5.41, 5.74) is 0.0170. The highest BCUT2D eigenvalue weighted by molar-refractivity contribution is 5.88. The molecule has 3 aliphatic rings. The Morgan fingerprint density at radius 3 is 2.74 bits per heavy atom. The van der Waals surface area contributed by atoms with Crippen LogP contribution in [0.1, 0.15) is 37.0 Å². The van der Waals surface area contributed by atoms with Crippen molar-refractivity contribution in [3.63, 3.8) is 0 Å². The van der Waals surface area contributed by atoms with Gasteiger partial charge in [0.05, 0.1) is 16.8 Å². The fourth-order valence-corrected chi connectivity index (χ4v) is 4.10. The van der Waals surface area contributed by atoms with Crippen LogP contribution < -0.4 is 15.5 Å². The lowest BCUT2D eigenvalue weighted by atomic mass is 9.99. The maximum Gasteiger partial charge on any atom is 0.416 e. The number of amides is 1. The Bertz CT molecular complexity index is 1030. The molecule has 1 saturated heterocycles. The molecule has 0 bridgehead atoms. The number of halogens is 3. The Kier molecular flexibility index (Phi) is 4.72. The van der Waals surface area contributed by atoms with E-state index in [1.165, 1.54) is 6.33 Å². The standard InChI is InChI=1S/C20H21F3N6O2/c1-10-8-29(5-4-24-10)14-7-12(20(21,22)23)6-13(27-14)16-15-17(11-2-3-11)31-19(30)28-18(15)26-9-25-16/h6-7,9-11,17,24H,2-5,8H2,1H3,(H,25,26,28,30)/t10-,17-/m0/s1. The molecule has 2 aromatic rings. The minimum Gasteiger partial charge on any atom is -0.441 e. The number of carbonyl (C=O) groups excluding carboxylic acids is 1. The SMILES string of the molecule is C[C@H]1CN(c2cc(C(F)(F)F)cc(-c3ncnc4c3[C@H](C3CC3)OC(=O)N4)n2)CCN1. The number of nitrogens with one attached hydrogen (secondary N) is 2. The normalized spacial score (nSPS) is 23.7. The van der Waals surface area contributed by atoms with E-state index in [-0.39, 0.29) is 35.0 Å². The Morgan fingerprint density at radius 2 is 2.03 bits per heavy atom. The van der Waals surface area contributed by atoms with Crippen molar-refractivity contribution in [1.29, 1.82) is 0 Å². The number of aromatic nitrogens is 3. The molecule has 2 aromatic heterocycles. The number of cyclic esters (lactones) is 1. The van der Waals surface area contributed by atoms with E-state index < -0.39 is 23.9 Å². The second kappa shape index (κ2) is 7.33. The van der Waals surface area contributed by atoms with Gasteiger partial charge in [0.1, 0.15) is 29.8 Å². The van der Waals surface area contributed by atoms with Gasteiger partial charge in [0, 0.05) is 31.6 Å². The molecular weight excluding hydrogens is 413 g/mol. The molecule has 4 heterocycles. The van der Waals surface area contributed by atoms with Crippen LogP contribution in [0.4, 0.5) is 29.6 Å². The van der Waals surface area contributed by atoms with Crippen LogP contribution in [0.3, 0.4) is 0 Å². The Balaban J connectivity index is 1.64. The van der Waals surface area contributed by atoms with Crippen LogP contribution in [-0.4, -0.2) is 46.7 Å². The lowest BCUT2D eigenvalue weighted by Gasteiger charge is -2.33. The van der Waals surface area contributed by atoms with E-state index in [0.717, 1.165) is 25.0 Å². The van der Waals surface area contributed by atoms with Crippen molar-refractivity contribution >= 4 is 17.7 Å². The summed E-state index contributed by atoms with van der Waals surface area (Å²) in [6, 6.07) is 2.20. The number of carbonyl (C=O) groups is 1. The lowest BCUT2D eigenvalue weighted by molar-refractivity contribution is -0.137. The fourth-order valence-electron chi connectivity index (χ4n) is 4.10. The molecule has 1 saturated carbocycles. The zero-order chi connectivity index (χ0) is 21.8. The molecule has 1 aliphatic carbocycles. The zero-order valence-electron chi connectivity index (χ0n) is 16.7. The molecule has 0 spiro atoms. The number of ether oxygens (including phenoxy) is 1. The van der Waals surface area contributed by atoms with Gasteiger partial charge in [-0.25, -0.2) is 19.7 Å². The first-order chi connectivity index (χ1) is 14.8. The van der Waals surface area contributed by atoms with Gasteiger partial charge in [0.2, 0.25) is 0 Å². The number of rotatable bonds is 3. The smallest absolute Gasteiger partial charge is 0.416 e. The summed E-state index contributed by atoms with van der Waals surface area (Å²) in [5.74, 6) is 0.609. The summed E-state index contributed by atoms with van der Waals surface area (Å²) in [6.45, 7) is 3.71. The first-order valence-corrected chi connectivity index (χ1v) is 10.2. The maximum atomic E-state index is 13.7. The Hall–Kier alpha value is -2.95. The number of pyridine rings is 1. The van der Waals surface area contributed by atoms with Crippen LogP contribution in [-0.2, 0) is 10.9 Å². The van der Waals surface area contributed by atoms with Gasteiger partial charge >= 0.3 is 12.3 Å². The van der Waals surface area contributed by atoms with E-state index >= 15 is 0 Å². The number of alkyl halides is 3. The van der Waals surface area contributed by atoms with Crippen LogP contribution in [0, 0.1) is 5.92 Å². The van der Waals surface area contributed by atoms with Crippen molar-refractivity contribution in [2.24, 2.45) is 5.92 Å². The quantitative estimate of drug-likeness (QED) is 0.765. The Labute approximate surface area is 176 Å². The third-order valence-electron chi connectivity index (χ3n) is 5.75. The lowest BCUT2D eigenvalue weighted by Crippen LogP contribution is -2.49. The molecule has 11 heteroatoms. The molecular formula is C20H21F3N6O2. The predicted molar refractivity (Wildman–Crippen MR) is 106 cm³/mol. The molecule has 0 radical (unpaired) electrons. The average Bonchev–Trinajstić information content (AvgIpc) is 3.57. The second-order valence-electron chi connectivity index (χ2n) is 8.17. The summed E-state index contributed by atoms with van der Waals surface area (Å²) < 4.78 is 46.7. The highest BCUT2D eigenvalue weighted by atomic mass is 19.4. The van der Waals surface area contributed by atoms with Gasteiger partial charge in [0.15, 0.2) is 0 Å². The molecule has 0 aromatic carbocycles. The van der Waals surface area contributed by atoms with E-state index in [1.54, 1.807) is 0 Å². The number of fused-ring (bicyclic) bond motifs is 1.